The molecule has 1 N–H and O–H groups in total. The molecule has 6 nitrogen and oxygen atoms in total. The lowest BCUT2D eigenvalue weighted by molar-refractivity contribution is 0.0896. The van der Waals surface area contributed by atoms with E-state index in [1.807, 2.05) is 6.07 Å². The number of halogens is 1. The molecular weight excluding hydrogens is 375 g/mol. The van der Waals surface area contributed by atoms with Gasteiger partial charge in [-0.05, 0) is 37.6 Å². The fourth-order valence-corrected chi connectivity index (χ4v) is 3.73. The Kier molecular flexibility index (Phi) is 6.93. The van der Waals surface area contributed by atoms with Crippen molar-refractivity contribution in [3.05, 3.63) is 53.3 Å². The van der Waals surface area contributed by atoms with Gasteiger partial charge in [0.1, 0.15) is 5.82 Å². The zero-order chi connectivity index (χ0) is 20.8. The summed E-state index contributed by atoms with van der Waals surface area (Å²) in [6.45, 7) is 2.06. The maximum absolute atomic E-state index is 14.0. The molecule has 1 saturated heterocycles. The SMILES string of the molecule is COc1ccc(C(=O)N[C@H]2CCCN(Cc3ccccc3F)C2)c(OC)c1OC. The second-order valence-corrected chi connectivity index (χ2v) is 7.02. The Morgan fingerprint density at radius 2 is 1.86 bits per heavy atom. The van der Waals surface area contributed by atoms with E-state index in [1.54, 1.807) is 24.3 Å². The van der Waals surface area contributed by atoms with Gasteiger partial charge in [0.15, 0.2) is 11.5 Å². The van der Waals surface area contributed by atoms with Crippen LogP contribution >= 0.6 is 0 Å². The lowest BCUT2D eigenvalue weighted by atomic mass is 10.0. The Hall–Kier alpha value is -2.80. The number of hydrogen-bond acceptors (Lipinski definition) is 5. The second kappa shape index (κ2) is 9.60. The molecular formula is C22H27FN2O4. The molecule has 1 amide bonds. The van der Waals surface area contributed by atoms with Crippen LogP contribution < -0.4 is 19.5 Å². The first kappa shape index (κ1) is 20.9. The van der Waals surface area contributed by atoms with Crippen molar-refractivity contribution in [2.75, 3.05) is 34.4 Å². The highest BCUT2D eigenvalue weighted by atomic mass is 19.1. The topological polar surface area (TPSA) is 60.0 Å². The number of nitrogens with zero attached hydrogens (tertiary/aromatic N) is 1. The average Bonchev–Trinajstić information content (AvgIpc) is 2.74. The normalized spacial score (nSPS) is 16.9. The number of methoxy groups -OCH3 is 3. The minimum atomic E-state index is -0.236. The van der Waals surface area contributed by atoms with Crippen LogP contribution in [0.2, 0.25) is 0 Å². The van der Waals surface area contributed by atoms with Crippen molar-refractivity contribution in [2.24, 2.45) is 0 Å². The van der Waals surface area contributed by atoms with Crippen molar-refractivity contribution < 1.29 is 23.4 Å². The van der Waals surface area contributed by atoms with Gasteiger partial charge in [0.2, 0.25) is 5.75 Å². The van der Waals surface area contributed by atoms with Gasteiger partial charge in [0, 0.05) is 24.7 Å². The molecule has 1 aliphatic heterocycles. The number of rotatable bonds is 7. The Labute approximate surface area is 170 Å². The number of hydrogen-bond donors (Lipinski definition) is 1. The van der Waals surface area contributed by atoms with E-state index in [1.165, 1.54) is 27.4 Å². The highest BCUT2D eigenvalue weighted by Crippen LogP contribution is 2.39. The summed E-state index contributed by atoms with van der Waals surface area (Å²) >= 11 is 0. The predicted molar refractivity (Wildman–Crippen MR) is 108 cm³/mol. The molecule has 156 valence electrons. The number of nitrogens with one attached hydrogen (secondary N) is 1. The first-order chi connectivity index (χ1) is 14.1. The number of amides is 1. The molecule has 1 fully saturated rings. The van der Waals surface area contributed by atoms with Gasteiger partial charge in [0.05, 0.1) is 26.9 Å². The van der Waals surface area contributed by atoms with E-state index in [2.05, 4.69) is 10.2 Å². The summed E-state index contributed by atoms with van der Waals surface area (Å²) in [5.74, 6) is 0.778. The molecule has 0 radical (unpaired) electrons. The van der Waals surface area contributed by atoms with Gasteiger partial charge in [-0.25, -0.2) is 4.39 Å². The summed E-state index contributed by atoms with van der Waals surface area (Å²) in [6, 6.07) is 10.1. The van der Waals surface area contributed by atoms with Crippen LogP contribution in [-0.4, -0.2) is 51.3 Å². The maximum atomic E-state index is 14.0. The van der Waals surface area contributed by atoms with E-state index in [0.717, 1.165) is 19.4 Å². The molecule has 0 aromatic heterocycles. The Bertz CT molecular complexity index is 859. The van der Waals surface area contributed by atoms with Crippen molar-refractivity contribution >= 4 is 5.91 Å². The lowest BCUT2D eigenvalue weighted by Gasteiger charge is -2.33. The number of carbonyl (C=O) groups excluding carboxylic acids is 1. The van der Waals surface area contributed by atoms with Crippen LogP contribution in [0.5, 0.6) is 17.2 Å². The molecule has 0 bridgehead atoms. The van der Waals surface area contributed by atoms with E-state index in [4.69, 9.17) is 14.2 Å². The maximum Gasteiger partial charge on any atom is 0.255 e. The summed E-state index contributed by atoms with van der Waals surface area (Å²) in [5.41, 5.74) is 1.05. The zero-order valence-corrected chi connectivity index (χ0v) is 17.0. The largest absolute Gasteiger partial charge is 0.493 e. The van der Waals surface area contributed by atoms with Crippen LogP contribution in [-0.2, 0) is 6.54 Å². The van der Waals surface area contributed by atoms with E-state index < -0.39 is 0 Å². The van der Waals surface area contributed by atoms with Crippen LogP contribution in [0, 0.1) is 5.82 Å². The second-order valence-electron chi connectivity index (χ2n) is 7.02. The fraction of sp³-hybridized carbons (Fsp3) is 0.409. The van der Waals surface area contributed by atoms with Gasteiger partial charge in [-0.1, -0.05) is 18.2 Å². The standard InChI is InChI=1S/C22H27FN2O4/c1-27-19-11-10-17(20(28-2)21(19)29-3)22(26)24-16-8-6-12-25(14-16)13-15-7-4-5-9-18(15)23/h4-5,7,9-11,16H,6,8,12-14H2,1-3H3,(H,24,26)/t16-/m0/s1. The van der Waals surface area contributed by atoms with Crippen molar-refractivity contribution in [1.29, 1.82) is 0 Å². The zero-order valence-electron chi connectivity index (χ0n) is 17.0. The number of piperidine rings is 1. The first-order valence-corrected chi connectivity index (χ1v) is 9.63. The third-order valence-corrected chi connectivity index (χ3v) is 5.14. The minimum absolute atomic E-state index is 0.0270. The van der Waals surface area contributed by atoms with Gasteiger partial charge in [0.25, 0.3) is 5.91 Å². The molecule has 1 atom stereocenters. The third-order valence-electron chi connectivity index (χ3n) is 5.14. The van der Waals surface area contributed by atoms with Crippen LogP contribution in [0.3, 0.4) is 0 Å². The van der Waals surface area contributed by atoms with Crippen molar-refractivity contribution in [2.45, 2.75) is 25.4 Å². The monoisotopic (exact) mass is 402 g/mol. The van der Waals surface area contributed by atoms with Crippen molar-refractivity contribution in [1.82, 2.24) is 10.2 Å². The molecule has 1 heterocycles. The molecule has 0 aliphatic carbocycles. The Morgan fingerprint density at radius 3 is 2.55 bits per heavy atom. The van der Waals surface area contributed by atoms with Gasteiger partial charge in [-0.3, -0.25) is 9.69 Å². The van der Waals surface area contributed by atoms with E-state index in [0.29, 0.717) is 41.5 Å². The van der Waals surface area contributed by atoms with Gasteiger partial charge < -0.3 is 19.5 Å². The van der Waals surface area contributed by atoms with Gasteiger partial charge in [-0.2, -0.15) is 0 Å². The lowest BCUT2D eigenvalue weighted by Crippen LogP contribution is -2.47. The van der Waals surface area contributed by atoms with Gasteiger partial charge >= 0.3 is 0 Å². The van der Waals surface area contributed by atoms with Crippen LogP contribution in [0.4, 0.5) is 4.39 Å². The highest BCUT2D eigenvalue weighted by molar-refractivity contribution is 5.98. The average molecular weight is 402 g/mol. The molecule has 7 heteroatoms. The summed E-state index contributed by atoms with van der Waals surface area (Å²) in [6.07, 6.45) is 1.80. The van der Waals surface area contributed by atoms with E-state index in [-0.39, 0.29) is 17.8 Å². The van der Waals surface area contributed by atoms with Crippen LogP contribution in [0.25, 0.3) is 0 Å². The van der Waals surface area contributed by atoms with Crippen molar-refractivity contribution in [3.8, 4) is 17.2 Å². The summed E-state index contributed by atoms with van der Waals surface area (Å²) in [5, 5.41) is 3.08. The third kappa shape index (κ3) is 4.79. The van der Waals surface area contributed by atoms with E-state index >= 15 is 0 Å². The first-order valence-electron chi connectivity index (χ1n) is 9.63. The molecule has 0 spiro atoms. The quantitative estimate of drug-likeness (QED) is 0.771. The molecule has 1 aliphatic rings. The predicted octanol–water partition coefficient (Wildman–Crippen LogP) is 3.25. The Morgan fingerprint density at radius 1 is 1.10 bits per heavy atom. The van der Waals surface area contributed by atoms with Crippen LogP contribution in [0.15, 0.2) is 36.4 Å². The molecule has 3 rings (SSSR count). The van der Waals surface area contributed by atoms with E-state index in [9.17, 15) is 9.18 Å². The Balaban J connectivity index is 1.70. The molecule has 2 aromatic carbocycles. The molecule has 2 aromatic rings. The molecule has 29 heavy (non-hydrogen) atoms. The van der Waals surface area contributed by atoms with Crippen molar-refractivity contribution in [3.63, 3.8) is 0 Å². The molecule has 0 unspecified atom stereocenters. The summed E-state index contributed by atoms with van der Waals surface area (Å²) < 4.78 is 30.0. The molecule has 0 saturated carbocycles. The number of ether oxygens (including phenoxy) is 3. The number of benzene rings is 2. The van der Waals surface area contributed by atoms with Gasteiger partial charge in [-0.15, -0.1) is 0 Å². The smallest absolute Gasteiger partial charge is 0.255 e. The fourth-order valence-electron chi connectivity index (χ4n) is 3.73. The minimum Gasteiger partial charge on any atom is -0.493 e. The summed E-state index contributed by atoms with van der Waals surface area (Å²) in [4.78, 5) is 15.1. The summed E-state index contributed by atoms with van der Waals surface area (Å²) in [7, 11) is 4.53. The highest BCUT2D eigenvalue weighted by Gasteiger charge is 2.25. The number of carbonyl (C=O) groups is 1. The van der Waals surface area contributed by atoms with Crippen LogP contribution in [0.1, 0.15) is 28.8 Å². The number of likely N-dealkylation sites (tertiary alicyclic amines) is 1.